The highest BCUT2D eigenvalue weighted by atomic mass is 127. The number of Topliss-reactive ketones (excluding diaryl/α,β-unsaturated/α-hetero) is 1. The van der Waals surface area contributed by atoms with Crippen LogP contribution in [0.25, 0.3) is 0 Å². The smallest absolute Gasteiger partial charge is 0.322 e. The zero-order valence-corrected chi connectivity index (χ0v) is 24.2. The standard InChI is InChI=1S/C23H28IN5O6S2/c1-3-25-20(31)17-5-7-19(29(34)23(17)36-12-13-37-24)22(33)27-9-11-35-10-8-26-21(32)18-6-4-16(14-28-18)15(2)30/h4-7,14H,3,8-13H2,1-2H3,(H3-,25,26,27,31,32,33,34)/p+1. The minimum atomic E-state index is -0.521. The number of nitrogens with zero attached hydrogens (tertiary/aromatic N) is 2. The second kappa shape index (κ2) is 16.4. The Morgan fingerprint density at radius 1 is 1.00 bits per heavy atom. The van der Waals surface area contributed by atoms with Gasteiger partial charge in [-0.25, -0.2) is 0 Å². The van der Waals surface area contributed by atoms with Gasteiger partial charge in [0.2, 0.25) is 0 Å². The first kappa shape index (κ1) is 30.8. The molecular weight excluding hydrogens is 633 g/mol. The molecule has 0 atom stereocenters. The van der Waals surface area contributed by atoms with Gasteiger partial charge in [-0.1, -0.05) is 20.7 Å². The molecule has 0 aliphatic rings. The number of hydrogen-bond donors (Lipinski definition) is 4. The van der Waals surface area contributed by atoms with Gasteiger partial charge in [0.25, 0.3) is 11.8 Å². The molecule has 0 aliphatic heterocycles. The number of rotatable bonds is 15. The second-order valence-corrected chi connectivity index (χ2v) is 11.0. The Morgan fingerprint density at radius 3 is 2.30 bits per heavy atom. The highest BCUT2D eigenvalue weighted by Crippen LogP contribution is 2.22. The van der Waals surface area contributed by atoms with Crippen molar-refractivity contribution < 1.29 is 33.9 Å². The number of amides is 3. The third-order valence-corrected chi connectivity index (χ3v) is 7.75. The normalized spacial score (nSPS) is 10.6. The predicted molar refractivity (Wildman–Crippen MR) is 149 cm³/mol. The first-order valence-electron chi connectivity index (χ1n) is 11.3. The van der Waals surface area contributed by atoms with Crippen molar-refractivity contribution in [1.82, 2.24) is 20.9 Å². The van der Waals surface area contributed by atoms with Gasteiger partial charge >= 0.3 is 16.6 Å². The van der Waals surface area contributed by atoms with E-state index >= 15 is 0 Å². The third-order valence-electron chi connectivity index (χ3n) is 4.74. The fourth-order valence-corrected chi connectivity index (χ4v) is 5.86. The van der Waals surface area contributed by atoms with Gasteiger partial charge in [-0.3, -0.25) is 29.4 Å². The number of nitrogens with one attached hydrogen (secondary N) is 3. The summed E-state index contributed by atoms with van der Waals surface area (Å²) in [4.78, 5) is 52.3. The van der Waals surface area contributed by atoms with E-state index in [1.807, 2.05) is 0 Å². The largest absolute Gasteiger partial charge is 0.378 e. The molecule has 2 rings (SSSR count). The maximum Gasteiger partial charge on any atom is 0.322 e. The molecule has 0 bridgehead atoms. The minimum absolute atomic E-state index is 0.00627. The number of pyridine rings is 2. The Balaban J connectivity index is 1.81. The molecule has 0 spiro atoms. The van der Waals surface area contributed by atoms with E-state index < -0.39 is 5.91 Å². The fourth-order valence-electron chi connectivity index (χ4n) is 2.93. The van der Waals surface area contributed by atoms with E-state index in [0.29, 0.717) is 28.5 Å². The van der Waals surface area contributed by atoms with Crippen LogP contribution in [0.15, 0.2) is 35.5 Å². The van der Waals surface area contributed by atoms with Gasteiger partial charge in [0.15, 0.2) is 5.78 Å². The average molecular weight is 663 g/mol. The summed E-state index contributed by atoms with van der Waals surface area (Å²) in [5.41, 5.74) is 0.906. The van der Waals surface area contributed by atoms with Crippen molar-refractivity contribution >= 4 is 65.4 Å². The van der Waals surface area contributed by atoms with Crippen LogP contribution in [0.4, 0.5) is 0 Å². The molecule has 3 amide bonds. The SMILES string of the molecule is CCNC(=O)c1ccc(C(=O)NCCOCCNC(=O)c2ccc(C(C)=O)cn2)[n+](O)c1SCCSI. The summed E-state index contributed by atoms with van der Waals surface area (Å²) in [6.45, 7) is 4.47. The van der Waals surface area contributed by atoms with Crippen LogP contribution in [0.5, 0.6) is 0 Å². The summed E-state index contributed by atoms with van der Waals surface area (Å²) >= 11 is 3.46. The predicted octanol–water partition coefficient (Wildman–Crippen LogP) is 1.91. The van der Waals surface area contributed by atoms with Crippen molar-refractivity contribution in [3.05, 3.63) is 53.0 Å². The Morgan fingerprint density at radius 2 is 1.70 bits per heavy atom. The van der Waals surface area contributed by atoms with E-state index in [4.69, 9.17) is 4.74 Å². The molecule has 2 aromatic heterocycles. The molecule has 2 aromatic rings. The van der Waals surface area contributed by atoms with Gasteiger partial charge in [-0.15, -0.1) is 0 Å². The summed E-state index contributed by atoms with van der Waals surface area (Å²) in [6.07, 6.45) is 1.35. The Labute approximate surface area is 235 Å². The molecule has 11 nitrogen and oxygen atoms in total. The number of thioether (sulfide) groups is 1. The van der Waals surface area contributed by atoms with Crippen molar-refractivity contribution in [3.63, 3.8) is 0 Å². The summed E-state index contributed by atoms with van der Waals surface area (Å²) < 4.78 is 6.18. The molecule has 0 unspecified atom stereocenters. The zero-order chi connectivity index (χ0) is 27.2. The molecule has 0 aliphatic carbocycles. The number of ketones is 1. The van der Waals surface area contributed by atoms with E-state index in [0.717, 1.165) is 10.5 Å². The van der Waals surface area contributed by atoms with E-state index in [1.54, 1.807) is 21.9 Å². The zero-order valence-electron chi connectivity index (χ0n) is 20.4. The lowest BCUT2D eigenvalue weighted by Crippen LogP contribution is -2.46. The van der Waals surface area contributed by atoms with Crippen molar-refractivity contribution in [2.45, 2.75) is 18.9 Å². The topological polar surface area (TPSA) is 151 Å². The highest BCUT2D eigenvalue weighted by molar-refractivity contribution is 14.2. The van der Waals surface area contributed by atoms with Crippen LogP contribution in [0, 0.1) is 0 Å². The third kappa shape index (κ3) is 9.75. The lowest BCUT2D eigenvalue weighted by atomic mass is 10.2. The number of aromatic nitrogens is 2. The van der Waals surface area contributed by atoms with Gasteiger partial charge in [-0.05, 0) is 53.3 Å². The van der Waals surface area contributed by atoms with Crippen LogP contribution in [0.3, 0.4) is 0 Å². The summed E-state index contributed by atoms with van der Waals surface area (Å²) in [5.74, 6) is 0.0854. The van der Waals surface area contributed by atoms with Gasteiger partial charge in [0.1, 0.15) is 11.3 Å². The van der Waals surface area contributed by atoms with Gasteiger partial charge < -0.3 is 20.7 Å². The Kier molecular flexibility index (Phi) is 13.7. The molecule has 0 saturated heterocycles. The molecule has 2 heterocycles. The maximum atomic E-state index is 12.6. The van der Waals surface area contributed by atoms with Crippen molar-refractivity contribution in [2.75, 3.05) is 44.4 Å². The van der Waals surface area contributed by atoms with Crippen molar-refractivity contribution in [1.29, 1.82) is 0 Å². The quantitative estimate of drug-likeness (QED) is 0.0560. The number of carbonyl (C=O) groups is 4. The van der Waals surface area contributed by atoms with Gasteiger partial charge in [0, 0.05) is 53.7 Å². The summed E-state index contributed by atoms with van der Waals surface area (Å²) in [5, 5.41) is 19.0. The molecule has 37 heavy (non-hydrogen) atoms. The van der Waals surface area contributed by atoms with E-state index in [-0.39, 0.29) is 55.3 Å². The molecule has 14 heteroatoms. The Bertz CT molecular complexity index is 1100. The van der Waals surface area contributed by atoms with E-state index in [9.17, 15) is 24.4 Å². The second-order valence-electron chi connectivity index (χ2n) is 7.38. The number of ether oxygens (including phenoxy) is 1. The van der Waals surface area contributed by atoms with E-state index in [1.165, 1.54) is 43.1 Å². The summed E-state index contributed by atoms with van der Waals surface area (Å²) in [7, 11) is 1.61. The van der Waals surface area contributed by atoms with Crippen molar-refractivity contribution in [2.24, 2.45) is 0 Å². The van der Waals surface area contributed by atoms with Crippen LogP contribution in [0.2, 0.25) is 0 Å². The lowest BCUT2D eigenvalue weighted by Gasteiger charge is -2.09. The fraction of sp³-hybridized carbons (Fsp3) is 0.391. The first-order valence-corrected chi connectivity index (χ1v) is 15.9. The Hall–Kier alpha value is -2.43. The summed E-state index contributed by atoms with van der Waals surface area (Å²) in [6, 6.07) is 5.93. The molecule has 0 fully saturated rings. The lowest BCUT2D eigenvalue weighted by molar-refractivity contribution is -0.933. The number of hydrogen-bond acceptors (Lipinski definition) is 9. The average Bonchev–Trinajstić information content (AvgIpc) is 2.88. The number of carbonyl (C=O) groups excluding carboxylic acids is 4. The highest BCUT2D eigenvalue weighted by Gasteiger charge is 2.29. The van der Waals surface area contributed by atoms with Crippen LogP contribution < -0.4 is 20.7 Å². The minimum Gasteiger partial charge on any atom is -0.378 e. The van der Waals surface area contributed by atoms with Crippen LogP contribution in [0.1, 0.15) is 55.5 Å². The van der Waals surface area contributed by atoms with Crippen molar-refractivity contribution in [3.8, 4) is 0 Å². The monoisotopic (exact) mass is 662 g/mol. The molecule has 200 valence electrons. The first-order chi connectivity index (χ1) is 17.8. The van der Waals surface area contributed by atoms with E-state index in [2.05, 4.69) is 42.1 Å². The number of halogens is 1. The van der Waals surface area contributed by atoms with Crippen LogP contribution >= 0.6 is 41.9 Å². The van der Waals surface area contributed by atoms with Crippen LogP contribution in [-0.2, 0) is 4.74 Å². The molecule has 0 radical (unpaired) electrons. The van der Waals surface area contributed by atoms with Gasteiger partial charge in [0.05, 0.1) is 13.2 Å². The molecule has 4 N–H and O–H groups in total. The molecular formula is C23H29IN5O6S2+. The molecule has 0 saturated carbocycles. The molecule has 0 aromatic carbocycles. The van der Waals surface area contributed by atoms with Gasteiger partial charge in [-0.2, -0.15) is 0 Å². The van der Waals surface area contributed by atoms with Crippen LogP contribution in [-0.4, -0.2) is 78.0 Å². The maximum absolute atomic E-state index is 12.6.